The van der Waals surface area contributed by atoms with Crippen molar-refractivity contribution < 1.29 is 190 Å². The molecule has 0 radical (unpaired) electrons. The number of halogens is 41. The number of carbonyl (C=O) groups excluding carboxylic acids is 2. The maximum Gasteiger partial charge on any atom is 0.460 e. The average molecular weight is 1240 g/mol. The summed E-state index contributed by atoms with van der Waals surface area (Å²) in [5, 5.41) is 1.13. The Bertz CT molecular complexity index is 2390. The summed E-state index contributed by atoms with van der Waals surface area (Å²) in [6.45, 7) is 1.07. The van der Waals surface area contributed by atoms with Crippen molar-refractivity contribution in [3.63, 3.8) is 0 Å². The summed E-state index contributed by atoms with van der Waals surface area (Å²) in [6.07, 6.45) is -11.1. The van der Waals surface area contributed by atoms with Crippen LogP contribution in [-0.2, 0) is 4.79 Å². The number of isocyanates is 1. The number of alkyl halides is 41. The highest BCUT2D eigenvalue weighted by molar-refractivity contribution is 5.95. The summed E-state index contributed by atoms with van der Waals surface area (Å²) in [4.78, 5) is 25.7. The lowest BCUT2D eigenvalue weighted by molar-refractivity contribution is -0.495. The van der Waals surface area contributed by atoms with Gasteiger partial charge in [-0.3, -0.25) is 4.79 Å². The van der Waals surface area contributed by atoms with Crippen molar-refractivity contribution in [1.29, 1.82) is 0 Å². The standard InChI is InChI=1S/C32H13F41N2O2/c1-8-3-4-10(5-11(8)74-7-76)12(77)75-9(2)6-13(33,34)14(35,36)15(37,38)16(39,40)17(41,42)18(43,44)19(45,46)20(47,48)21(49,50)22(51,52)23(53,54)24(55,56)25(57,58)26(59,60)27(61,62)28(63,64)29(65,66)30(67,68)31(69,70)32(71,72)73/h3-5,9H,6H2,1-2H3,(H,75,77). The minimum Gasteiger partial charge on any atom is -0.349 e. The molecule has 0 saturated carbocycles. The molecule has 1 N–H and O–H groups in total. The van der Waals surface area contributed by atoms with Crippen LogP contribution in [0.2, 0.25) is 0 Å². The zero-order valence-corrected chi connectivity index (χ0v) is 34.8. The van der Waals surface area contributed by atoms with Crippen LogP contribution >= 0.6 is 0 Å². The van der Waals surface area contributed by atoms with E-state index in [1.54, 1.807) is 0 Å². The largest absolute Gasteiger partial charge is 0.460 e. The van der Waals surface area contributed by atoms with Gasteiger partial charge in [0.1, 0.15) is 0 Å². The Morgan fingerprint density at radius 2 is 0.623 bits per heavy atom. The minimum absolute atomic E-state index is 0.0307. The normalized spacial score (nSPS) is 16.6. The zero-order valence-electron chi connectivity index (χ0n) is 34.8. The van der Waals surface area contributed by atoms with Gasteiger partial charge in [0.2, 0.25) is 6.08 Å². The SMILES string of the molecule is Cc1ccc(C(=O)NC(C)CC(F)(F)C(F)(F)C(F)(F)C(F)(F)C(F)(F)C(F)(F)C(F)(F)C(F)(F)C(F)(F)C(F)(F)C(F)(F)C(F)(F)C(F)(F)C(F)(F)C(F)(F)C(F)(F)C(F)(F)C(F)(F)C(F)(F)C(F)(F)F)cc1N=C=O. The van der Waals surface area contributed by atoms with E-state index < -0.39 is 148 Å². The van der Waals surface area contributed by atoms with Crippen LogP contribution in [0.1, 0.15) is 29.3 Å². The third-order valence-corrected chi connectivity index (χ3v) is 10.1. The molecule has 0 heterocycles. The summed E-state index contributed by atoms with van der Waals surface area (Å²) in [5.41, 5.74) is -1.46. The molecule has 1 aromatic rings. The molecule has 1 rings (SSSR count). The number of nitrogens with one attached hydrogen (secondary N) is 1. The topological polar surface area (TPSA) is 58.5 Å². The summed E-state index contributed by atoms with van der Waals surface area (Å²) in [7, 11) is 0. The van der Waals surface area contributed by atoms with Crippen LogP contribution < -0.4 is 5.32 Å². The first-order valence-electron chi connectivity index (χ1n) is 17.7. The molecule has 45 heteroatoms. The first kappa shape index (κ1) is 70.2. The smallest absolute Gasteiger partial charge is 0.349 e. The van der Waals surface area contributed by atoms with Crippen molar-refractivity contribution in [2.75, 3.05) is 0 Å². The lowest BCUT2D eigenvalue weighted by Crippen LogP contribution is -2.80. The highest BCUT2D eigenvalue weighted by atomic mass is 19.4. The molecule has 0 saturated heterocycles. The molecule has 0 fully saturated rings. The molecule has 1 aromatic carbocycles. The van der Waals surface area contributed by atoms with Gasteiger partial charge in [0.15, 0.2) is 0 Å². The number of amides is 1. The molecule has 450 valence electrons. The number of carbonyl (C=O) groups is 1. The first-order chi connectivity index (χ1) is 33.0. The van der Waals surface area contributed by atoms with Gasteiger partial charge in [0.05, 0.1) is 5.69 Å². The summed E-state index contributed by atoms with van der Waals surface area (Å²) in [5.74, 6) is -191. The fourth-order valence-electron chi connectivity index (χ4n) is 5.35. The highest BCUT2D eigenvalue weighted by Crippen LogP contribution is 2.71. The Balaban J connectivity index is 4.01. The van der Waals surface area contributed by atoms with Crippen LogP contribution in [0.3, 0.4) is 0 Å². The summed E-state index contributed by atoms with van der Waals surface area (Å²) < 4.78 is 572. The van der Waals surface area contributed by atoms with Crippen molar-refractivity contribution >= 4 is 17.7 Å². The van der Waals surface area contributed by atoms with Gasteiger partial charge in [-0.05, 0) is 31.5 Å². The van der Waals surface area contributed by atoms with Crippen LogP contribution in [0.15, 0.2) is 23.2 Å². The van der Waals surface area contributed by atoms with Gasteiger partial charge in [-0.1, -0.05) is 6.07 Å². The quantitative estimate of drug-likeness (QED) is 0.0674. The second kappa shape index (κ2) is 18.6. The molecule has 0 aliphatic heterocycles. The van der Waals surface area contributed by atoms with Gasteiger partial charge in [-0.15, -0.1) is 0 Å². The van der Waals surface area contributed by atoms with Gasteiger partial charge >= 0.3 is 119 Å². The van der Waals surface area contributed by atoms with E-state index in [0.29, 0.717) is 12.1 Å². The molecule has 1 amide bonds. The van der Waals surface area contributed by atoms with Gasteiger partial charge in [-0.2, -0.15) is 185 Å². The molecule has 4 nitrogen and oxygen atoms in total. The van der Waals surface area contributed by atoms with E-state index in [-0.39, 0.29) is 12.5 Å². The number of hydrogen-bond donors (Lipinski definition) is 1. The maximum atomic E-state index is 14.5. The fraction of sp³-hybridized carbons (Fsp3) is 0.750. The van der Waals surface area contributed by atoms with Gasteiger partial charge in [0, 0.05) is 18.0 Å². The predicted molar refractivity (Wildman–Crippen MR) is 161 cm³/mol. The van der Waals surface area contributed by atoms with E-state index in [1.165, 1.54) is 0 Å². The van der Waals surface area contributed by atoms with E-state index in [0.717, 1.165) is 24.4 Å². The minimum atomic E-state index is -10.7. The van der Waals surface area contributed by atoms with Gasteiger partial charge < -0.3 is 5.32 Å². The lowest BCUT2D eigenvalue weighted by Gasteiger charge is -2.47. The molecular formula is C32H13F41N2O2. The summed E-state index contributed by atoms with van der Waals surface area (Å²) >= 11 is 0. The second-order valence-corrected chi connectivity index (χ2v) is 15.3. The third kappa shape index (κ3) is 8.95. The van der Waals surface area contributed by atoms with Crippen LogP contribution in [0.5, 0.6) is 0 Å². The predicted octanol–water partition coefficient (Wildman–Crippen LogP) is 15.1. The van der Waals surface area contributed by atoms with Crippen LogP contribution in [0, 0.1) is 6.92 Å². The van der Waals surface area contributed by atoms with Gasteiger partial charge in [-0.25, -0.2) is 4.79 Å². The van der Waals surface area contributed by atoms with Crippen LogP contribution in [-0.4, -0.2) is 137 Å². The van der Waals surface area contributed by atoms with Crippen LogP contribution in [0.4, 0.5) is 186 Å². The number of aliphatic imine (C=N–C) groups is 1. The Morgan fingerprint density at radius 3 is 0.844 bits per heavy atom. The molecule has 0 bridgehead atoms. The van der Waals surface area contributed by atoms with E-state index in [9.17, 15) is 190 Å². The summed E-state index contributed by atoms with van der Waals surface area (Å²) in [6, 6.07) is -1.01. The second-order valence-electron chi connectivity index (χ2n) is 15.3. The average Bonchev–Trinajstić information content (AvgIpc) is 3.22. The Morgan fingerprint density at radius 1 is 0.403 bits per heavy atom. The third-order valence-electron chi connectivity index (χ3n) is 10.1. The number of rotatable bonds is 23. The van der Waals surface area contributed by atoms with E-state index in [4.69, 9.17) is 0 Å². The molecule has 1 unspecified atom stereocenters. The Labute approximate surface area is 392 Å². The molecule has 0 spiro atoms. The van der Waals surface area contributed by atoms with Crippen molar-refractivity contribution in [2.24, 2.45) is 4.99 Å². The van der Waals surface area contributed by atoms with E-state index >= 15 is 0 Å². The Hall–Kier alpha value is -4.80. The monoisotopic (exact) mass is 1240 g/mol. The zero-order chi connectivity index (χ0) is 62.8. The molecular weight excluding hydrogens is 1220 g/mol. The number of hydrogen-bond acceptors (Lipinski definition) is 3. The molecule has 0 aliphatic rings. The van der Waals surface area contributed by atoms with Gasteiger partial charge in [0.25, 0.3) is 5.91 Å². The highest BCUT2D eigenvalue weighted by Gasteiger charge is 3.03. The molecule has 1 atom stereocenters. The van der Waals surface area contributed by atoms with Crippen LogP contribution in [0.25, 0.3) is 0 Å². The van der Waals surface area contributed by atoms with Crippen molar-refractivity contribution in [3.05, 3.63) is 29.3 Å². The lowest BCUT2D eigenvalue weighted by atomic mass is 9.81. The molecule has 77 heavy (non-hydrogen) atoms. The first-order valence-corrected chi connectivity index (χ1v) is 17.7. The number of nitrogens with zero attached hydrogens (tertiary/aromatic N) is 1. The molecule has 0 aliphatic carbocycles. The van der Waals surface area contributed by atoms with E-state index in [2.05, 4.69) is 4.99 Å². The molecule has 0 aromatic heterocycles. The van der Waals surface area contributed by atoms with Crippen molar-refractivity contribution in [3.8, 4) is 0 Å². The maximum absolute atomic E-state index is 14.5. The van der Waals surface area contributed by atoms with Crippen molar-refractivity contribution in [2.45, 2.75) is 145 Å². The van der Waals surface area contributed by atoms with Crippen molar-refractivity contribution in [1.82, 2.24) is 5.32 Å². The fourth-order valence-corrected chi connectivity index (χ4v) is 5.35. The number of benzene rings is 1. The Kier molecular flexibility index (Phi) is 17.0. The number of aryl methyl sites for hydroxylation is 1. The van der Waals surface area contributed by atoms with E-state index in [1.807, 2.05) is 0 Å².